The molecule has 1 amide bonds. The van der Waals surface area contributed by atoms with Crippen molar-refractivity contribution < 1.29 is 13.2 Å². The standard InChI is InChI=1S/C21H26Cl2N2O3S/c1-5-19(20(26)24-21(2,3)14-15-9-7-6-8-10-15)25(29(4,27)28)18-12-16(22)11-17(23)13-18/h6-13,19H,5,14H2,1-4H3,(H,24,26). The van der Waals surface area contributed by atoms with E-state index in [1.807, 2.05) is 44.2 Å². The third-order valence-electron chi connectivity index (χ3n) is 4.38. The van der Waals surface area contributed by atoms with Gasteiger partial charge in [0.25, 0.3) is 0 Å². The fourth-order valence-corrected chi connectivity index (χ4v) is 5.00. The van der Waals surface area contributed by atoms with Crippen LogP contribution >= 0.6 is 23.2 Å². The lowest BCUT2D eigenvalue weighted by Gasteiger charge is -2.34. The number of sulfonamides is 1. The predicted octanol–water partition coefficient (Wildman–Crippen LogP) is 4.68. The van der Waals surface area contributed by atoms with Gasteiger partial charge in [-0.25, -0.2) is 8.42 Å². The van der Waals surface area contributed by atoms with Crippen molar-refractivity contribution in [2.24, 2.45) is 0 Å². The SMILES string of the molecule is CCC(C(=O)NC(C)(C)Cc1ccccc1)N(c1cc(Cl)cc(Cl)c1)S(C)(=O)=O. The molecule has 0 radical (unpaired) electrons. The maximum Gasteiger partial charge on any atom is 0.244 e. The molecule has 158 valence electrons. The van der Waals surface area contributed by atoms with Gasteiger partial charge >= 0.3 is 0 Å². The lowest BCUT2D eigenvalue weighted by Crippen LogP contribution is -2.55. The van der Waals surface area contributed by atoms with Gasteiger partial charge in [0.05, 0.1) is 11.9 Å². The summed E-state index contributed by atoms with van der Waals surface area (Å²) in [6, 6.07) is 13.3. The Bertz CT molecular complexity index is 943. The fourth-order valence-electron chi connectivity index (χ4n) is 3.29. The zero-order chi connectivity index (χ0) is 21.8. The van der Waals surface area contributed by atoms with Gasteiger partial charge in [-0.2, -0.15) is 0 Å². The summed E-state index contributed by atoms with van der Waals surface area (Å²) in [5.41, 5.74) is 0.765. The van der Waals surface area contributed by atoms with Gasteiger partial charge in [-0.3, -0.25) is 9.10 Å². The molecule has 1 N–H and O–H groups in total. The average molecular weight is 457 g/mol. The van der Waals surface area contributed by atoms with Crippen LogP contribution in [0.15, 0.2) is 48.5 Å². The molecule has 0 heterocycles. The number of nitrogens with one attached hydrogen (secondary N) is 1. The molecule has 1 atom stereocenters. The Morgan fingerprint density at radius 2 is 1.66 bits per heavy atom. The molecule has 0 bridgehead atoms. The highest BCUT2D eigenvalue weighted by atomic mass is 35.5. The van der Waals surface area contributed by atoms with E-state index in [1.165, 1.54) is 18.2 Å². The van der Waals surface area contributed by atoms with Crippen LogP contribution in [0.2, 0.25) is 10.0 Å². The molecule has 0 saturated carbocycles. The highest BCUT2D eigenvalue weighted by Crippen LogP contribution is 2.29. The van der Waals surface area contributed by atoms with Crippen LogP contribution in [-0.4, -0.2) is 32.2 Å². The van der Waals surface area contributed by atoms with Gasteiger partial charge in [0.2, 0.25) is 15.9 Å². The highest BCUT2D eigenvalue weighted by Gasteiger charge is 2.34. The molecule has 0 saturated heterocycles. The highest BCUT2D eigenvalue weighted by molar-refractivity contribution is 7.92. The Hall–Kier alpha value is -1.76. The number of carbonyl (C=O) groups is 1. The van der Waals surface area contributed by atoms with E-state index in [0.29, 0.717) is 16.5 Å². The van der Waals surface area contributed by atoms with Gasteiger partial charge in [0, 0.05) is 15.6 Å². The third kappa shape index (κ3) is 6.63. The molecular formula is C21H26Cl2N2O3S. The number of rotatable bonds is 8. The number of halogens is 2. The van der Waals surface area contributed by atoms with Gasteiger partial charge in [0.15, 0.2) is 0 Å². The lowest BCUT2D eigenvalue weighted by molar-refractivity contribution is -0.123. The normalized spacial score (nSPS) is 13.0. The van der Waals surface area contributed by atoms with E-state index in [9.17, 15) is 13.2 Å². The summed E-state index contributed by atoms with van der Waals surface area (Å²) < 4.78 is 26.2. The van der Waals surface area contributed by atoms with Crippen LogP contribution in [0.3, 0.4) is 0 Å². The fraction of sp³-hybridized carbons (Fsp3) is 0.381. The average Bonchev–Trinajstić information content (AvgIpc) is 2.57. The molecule has 2 rings (SSSR count). The second kappa shape index (κ2) is 9.37. The van der Waals surface area contributed by atoms with Crippen molar-refractivity contribution in [2.75, 3.05) is 10.6 Å². The summed E-state index contributed by atoms with van der Waals surface area (Å²) >= 11 is 12.1. The summed E-state index contributed by atoms with van der Waals surface area (Å²) in [5, 5.41) is 3.58. The second-order valence-corrected chi connectivity index (χ2v) is 10.4. The van der Waals surface area contributed by atoms with Crippen LogP contribution < -0.4 is 9.62 Å². The second-order valence-electron chi connectivity index (χ2n) is 7.65. The largest absolute Gasteiger partial charge is 0.349 e. The molecule has 0 aliphatic carbocycles. The van der Waals surface area contributed by atoms with E-state index < -0.39 is 21.6 Å². The zero-order valence-electron chi connectivity index (χ0n) is 16.9. The summed E-state index contributed by atoms with van der Waals surface area (Å²) in [5.74, 6) is -0.380. The number of hydrogen-bond acceptors (Lipinski definition) is 3. The van der Waals surface area contributed by atoms with Crippen LogP contribution in [0.5, 0.6) is 0 Å². The van der Waals surface area contributed by atoms with Gasteiger partial charge in [0.1, 0.15) is 6.04 Å². The van der Waals surface area contributed by atoms with Crippen molar-refractivity contribution >= 4 is 44.8 Å². The lowest BCUT2D eigenvalue weighted by atomic mass is 9.94. The van der Waals surface area contributed by atoms with Gasteiger partial charge in [-0.1, -0.05) is 60.5 Å². The van der Waals surface area contributed by atoms with Crippen molar-refractivity contribution in [3.05, 3.63) is 64.1 Å². The van der Waals surface area contributed by atoms with E-state index in [4.69, 9.17) is 23.2 Å². The van der Waals surface area contributed by atoms with E-state index in [-0.39, 0.29) is 18.0 Å². The molecule has 2 aromatic rings. The van der Waals surface area contributed by atoms with Crippen LogP contribution in [0.4, 0.5) is 5.69 Å². The first-order valence-electron chi connectivity index (χ1n) is 9.24. The van der Waals surface area contributed by atoms with E-state index >= 15 is 0 Å². The number of amides is 1. The van der Waals surface area contributed by atoms with Crippen molar-refractivity contribution in [3.63, 3.8) is 0 Å². The summed E-state index contributed by atoms with van der Waals surface area (Å²) in [4.78, 5) is 13.1. The number of hydrogen-bond donors (Lipinski definition) is 1. The van der Waals surface area contributed by atoms with Crippen molar-refractivity contribution in [1.82, 2.24) is 5.32 Å². The van der Waals surface area contributed by atoms with Crippen LogP contribution in [0.25, 0.3) is 0 Å². The number of nitrogens with zero attached hydrogens (tertiary/aromatic N) is 1. The molecule has 0 fully saturated rings. The smallest absolute Gasteiger partial charge is 0.244 e. The molecule has 5 nitrogen and oxygen atoms in total. The minimum atomic E-state index is -3.77. The molecule has 0 aliphatic heterocycles. The predicted molar refractivity (Wildman–Crippen MR) is 120 cm³/mol. The maximum absolute atomic E-state index is 13.1. The van der Waals surface area contributed by atoms with Gasteiger partial charge < -0.3 is 5.32 Å². The number of anilines is 1. The van der Waals surface area contributed by atoms with Gasteiger partial charge in [-0.05, 0) is 50.5 Å². The molecule has 2 aromatic carbocycles. The Kier molecular flexibility index (Phi) is 7.60. The molecule has 29 heavy (non-hydrogen) atoms. The third-order valence-corrected chi connectivity index (χ3v) is 6.00. The van der Waals surface area contributed by atoms with Crippen molar-refractivity contribution in [1.29, 1.82) is 0 Å². The monoisotopic (exact) mass is 456 g/mol. The van der Waals surface area contributed by atoms with Gasteiger partial charge in [-0.15, -0.1) is 0 Å². The van der Waals surface area contributed by atoms with Crippen molar-refractivity contribution in [2.45, 2.75) is 45.2 Å². The van der Waals surface area contributed by atoms with Crippen molar-refractivity contribution in [3.8, 4) is 0 Å². The van der Waals surface area contributed by atoms with E-state index in [0.717, 1.165) is 16.1 Å². The Morgan fingerprint density at radius 3 is 2.14 bits per heavy atom. The first-order valence-corrected chi connectivity index (χ1v) is 11.8. The van der Waals surface area contributed by atoms with E-state index in [2.05, 4.69) is 5.32 Å². The first kappa shape index (κ1) is 23.5. The Labute approximate surface area is 183 Å². The molecule has 1 unspecified atom stereocenters. The molecule has 0 aromatic heterocycles. The summed E-state index contributed by atoms with van der Waals surface area (Å²) in [6.07, 6.45) is 1.95. The number of carbonyl (C=O) groups excluding carboxylic acids is 1. The summed E-state index contributed by atoms with van der Waals surface area (Å²) in [6.45, 7) is 5.58. The topological polar surface area (TPSA) is 66.5 Å². The van der Waals surface area contributed by atoms with Crippen LogP contribution in [0, 0.1) is 0 Å². The Balaban J connectivity index is 2.33. The first-order chi connectivity index (χ1) is 13.4. The minimum Gasteiger partial charge on any atom is -0.349 e. The molecule has 0 aliphatic rings. The molecule has 0 spiro atoms. The van der Waals surface area contributed by atoms with Crippen LogP contribution in [0.1, 0.15) is 32.8 Å². The minimum absolute atomic E-state index is 0.257. The van der Waals surface area contributed by atoms with Crippen LogP contribution in [-0.2, 0) is 21.2 Å². The van der Waals surface area contributed by atoms with E-state index in [1.54, 1.807) is 6.92 Å². The quantitative estimate of drug-likeness (QED) is 0.626. The Morgan fingerprint density at radius 1 is 1.10 bits per heavy atom. The summed E-state index contributed by atoms with van der Waals surface area (Å²) in [7, 11) is -3.77. The number of benzene rings is 2. The maximum atomic E-state index is 13.1. The molecule has 8 heteroatoms. The zero-order valence-corrected chi connectivity index (χ0v) is 19.3. The molecular weight excluding hydrogens is 431 g/mol.